The molecule has 0 radical (unpaired) electrons. The molecular weight excluding hydrogens is 226 g/mol. The van der Waals surface area contributed by atoms with Gasteiger partial charge in [-0.2, -0.15) is 0 Å². The van der Waals surface area contributed by atoms with E-state index in [1.165, 1.54) is 0 Å². The van der Waals surface area contributed by atoms with E-state index in [-0.39, 0.29) is 5.91 Å². The molecule has 16 heavy (non-hydrogen) atoms. The van der Waals surface area contributed by atoms with Gasteiger partial charge in [0.2, 0.25) is 0 Å². The van der Waals surface area contributed by atoms with Crippen molar-refractivity contribution in [3.8, 4) is 0 Å². The third-order valence-electron chi connectivity index (χ3n) is 3.01. The van der Waals surface area contributed by atoms with Gasteiger partial charge in [-0.3, -0.25) is 4.79 Å². The monoisotopic (exact) mass is 241 g/mol. The normalized spacial score (nSPS) is 20.4. The lowest BCUT2D eigenvalue weighted by atomic mass is 10.1. The highest BCUT2D eigenvalue weighted by Crippen LogP contribution is 2.21. The molecule has 1 aromatic rings. The fraction of sp³-hybridized carbons (Fsp3) is 0.636. The zero-order chi connectivity index (χ0) is 11.5. The first-order valence-corrected chi connectivity index (χ1v) is 6.07. The average Bonchev–Trinajstić information content (AvgIpc) is 2.87. The Morgan fingerprint density at radius 3 is 3.12 bits per heavy atom. The number of halogens is 1. The minimum Gasteiger partial charge on any atom is -0.340 e. The molecule has 1 aromatic heterocycles. The van der Waals surface area contributed by atoms with Gasteiger partial charge in [-0.15, -0.1) is 11.6 Å². The van der Waals surface area contributed by atoms with E-state index in [9.17, 15) is 4.79 Å². The summed E-state index contributed by atoms with van der Waals surface area (Å²) in [5.74, 6) is 1.28. The second-order valence-corrected chi connectivity index (χ2v) is 4.69. The smallest absolute Gasteiger partial charge is 0.274 e. The molecular formula is C11H16ClN3O. The Bertz CT molecular complexity index is 377. The molecule has 1 aliphatic heterocycles. The van der Waals surface area contributed by atoms with Crippen molar-refractivity contribution >= 4 is 17.5 Å². The number of hydrogen-bond donors (Lipinski definition) is 0. The maximum Gasteiger partial charge on any atom is 0.274 e. The van der Waals surface area contributed by atoms with Gasteiger partial charge in [-0.1, -0.05) is 0 Å². The molecule has 1 aliphatic rings. The maximum absolute atomic E-state index is 12.0. The molecule has 1 unspecified atom stereocenters. The van der Waals surface area contributed by atoms with Crippen molar-refractivity contribution in [3.05, 3.63) is 18.2 Å². The van der Waals surface area contributed by atoms with Crippen LogP contribution >= 0.6 is 11.6 Å². The summed E-state index contributed by atoms with van der Waals surface area (Å²) in [5.41, 5.74) is 0.536. The summed E-state index contributed by atoms with van der Waals surface area (Å²) in [6, 6.07) is 0. The van der Waals surface area contributed by atoms with Crippen LogP contribution in [0.3, 0.4) is 0 Å². The van der Waals surface area contributed by atoms with Crippen LogP contribution < -0.4 is 0 Å². The summed E-state index contributed by atoms with van der Waals surface area (Å²) in [7, 11) is 1.87. The van der Waals surface area contributed by atoms with Crippen LogP contribution in [0.15, 0.2) is 12.5 Å². The average molecular weight is 242 g/mol. The van der Waals surface area contributed by atoms with Gasteiger partial charge in [0.1, 0.15) is 5.69 Å². The quantitative estimate of drug-likeness (QED) is 0.753. The summed E-state index contributed by atoms with van der Waals surface area (Å²) in [6.07, 6.45) is 5.47. The zero-order valence-corrected chi connectivity index (χ0v) is 10.2. The minimum atomic E-state index is 0.0395. The first-order chi connectivity index (χ1) is 7.70. The lowest BCUT2D eigenvalue weighted by Crippen LogP contribution is -2.29. The van der Waals surface area contributed by atoms with Crippen LogP contribution in [0.2, 0.25) is 0 Å². The molecule has 2 rings (SSSR count). The van der Waals surface area contributed by atoms with Crippen molar-refractivity contribution in [2.24, 2.45) is 13.0 Å². The van der Waals surface area contributed by atoms with Gasteiger partial charge in [-0.05, 0) is 18.8 Å². The molecule has 1 atom stereocenters. The topological polar surface area (TPSA) is 38.1 Å². The first kappa shape index (κ1) is 11.5. The molecule has 1 amide bonds. The Morgan fingerprint density at radius 2 is 2.50 bits per heavy atom. The summed E-state index contributed by atoms with van der Waals surface area (Å²) in [4.78, 5) is 18.0. The summed E-state index contributed by atoms with van der Waals surface area (Å²) >= 11 is 5.71. The van der Waals surface area contributed by atoms with Gasteiger partial charge in [-0.25, -0.2) is 4.98 Å². The Hall–Kier alpha value is -1.03. The third kappa shape index (κ3) is 2.38. The van der Waals surface area contributed by atoms with Crippen LogP contribution in [0, 0.1) is 5.92 Å². The number of amides is 1. The van der Waals surface area contributed by atoms with Gasteiger partial charge in [0.05, 0.1) is 6.33 Å². The molecule has 0 aromatic carbocycles. The number of hydrogen-bond acceptors (Lipinski definition) is 2. The van der Waals surface area contributed by atoms with Crippen molar-refractivity contribution in [1.29, 1.82) is 0 Å². The molecule has 4 nitrogen and oxygen atoms in total. The van der Waals surface area contributed by atoms with Crippen molar-refractivity contribution in [2.45, 2.75) is 12.8 Å². The van der Waals surface area contributed by atoms with Gasteiger partial charge in [0, 0.05) is 32.2 Å². The Kier molecular flexibility index (Phi) is 3.49. The van der Waals surface area contributed by atoms with E-state index in [1.807, 2.05) is 11.9 Å². The van der Waals surface area contributed by atoms with Crippen LogP contribution in [0.25, 0.3) is 0 Å². The Balaban J connectivity index is 1.97. The molecule has 0 N–H and O–H groups in total. The number of alkyl halides is 1. The van der Waals surface area contributed by atoms with E-state index in [2.05, 4.69) is 4.98 Å². The van der Waals surface area contributed by atoms with E-state index in [0.717, 1.165) is 25.9 Å². The van der Waals surface area contributed by atoms with Crippen molar-refractivity contribution < 1.29 is 4.79 Å². The van der Waals surface area contributed by atoms with Gasteiger partial charge < -0.3 is 9.47 Å². The molecule has 0 saturated carbocycles. The van der Waals surface area contributed by atoms with Crippen molar-refractivity contribution in [1.82, 2.24) is 14.5 Å². The lowest BCUT2D eigenvalue weighted by Gasteiger charge is -2.14. The SMILES string of the molecule is Cn1cnc(C(=O)N2CCC(CCCl)C2)c1. The standard InChI is InChI=1S/C11H16ClN3O/c1-14-7-10(13-8-14)11(16)15-5-3-9(6-15)2-4-12/h7-9H,2-6H2,1H3. The Labute approximate surface area is 100 Å². The second-order valence-electron chi connectivity index (χ2n) is 4.31. The molecule has 0 spiro atoms. The van der Waals surface area contributed by atoms with Crippen LogP contribution in [-0.2, 0) is 7.05 Å². The first-order valence-electron chi connectivity index (χ1n) is 5.54. The molecule has 5 heteroatoms. The van der Waals surface area contributed by atoms with E-state index in [0.29, 0.717) is 17.5 Å². The molecule has 0 aliphatic carbocycles. The molecule has 88 valence electrons. The fourth-order valence-corrected chi connectivity index (χ4v) is 2.40. The predicted octanol–water partition coefficient (Wildman–Crippen LogP) is 1.51. The zero-order valence-electron chi connectivity index (χ0n) is 9.40. The number of imidazole rings is 1. The summed E-state index contributed by atoms with van der Waals surface area (Å²) < 4.78 is 1.79. The Morgan fingerprint density at radius 1 is 1.69 bits per heavy atom. The van der Waals surface area contributed by atoms with E-state index < -0.39 is 0 Å². The van der Waals surface area contributed by atoms with Crippen LogP contribution in [0.5, 0.6) is 0 Å². The minimum absolute atomic E-state index is 0.0395. The highest BCUT2D eigenvalue weighted by molar-refractivity contribution is 6.17. The van der Waals surface area contributed by atoms with Gasteiger partial charge in [0.25, 0.3) is 5.91 Å². The number of carbonyl (C=O) groups excluding carboxylic acids is 1. The highest BCUT2D eigenvalue weighted by atomic mass is 35.5. The predicted molar refractivity (Wildman–Crippen MR) is 62.6 cm³/mol. The maximum atomic E-state index is 12.0. The van der Waals surface area contributed by atoms with E-state index in [4.69, 9.17) is 11.6 Å². The second kappa shape index (κ2) is 4.87. The molecule has 1 saturated heterocycles. The highest BCUT2D eigenvalue weighted by Gasteiger charge is 2.27. The molecule has 2 heterocycles. The number of rotatable bonds is 3. The van der Waals surface area contributed by atoms with Gasteiger partial charge in [0.15, 0.2) is 0 Å². The number of likely N-dealkylation sites (tertiary alicyclic amines) is 1. The largest absolute Gasteiger partial charge is 0.340 e. The fourth-order valence-electron chi connectivity index (χ4n) is 2.09. The summed E-state index contributed by atoms with van der Waals surface area (Å²) in [6.45, 7) is 1.65. The van der Waals surface area contributed by atoms with Crippen molar-refractivity contribution in [2.75, 3.05) is 19.0 Å². The van der Waals surface area contributed by atoms with Crippen molar-refractivity contribution in [3.63, 3.8) is 0 Å². The van der Waals surface area contributed by atoms with Crippen LogP contribution in [0.1, 0.15) is 23.3 Å². The van der Waals surface area contributed by atoms with Crippen LogP contribution in [-0.4, -0.2) is 39.3 Å². The number of aromatic nitrogens is 2. The number of nitrogens with zero attached hydrogens (tertiary/aromatic N) is 3. The van der Waals surface area contributed by atoms with E-state index >= 15 is 0 Å². The van der Waals surface area contributed by atoms with E-state index in [1.54, 1.807) is 17.1 Å². The lowest BCUT2D eigenvalue weighted by molar-refractivity contribution is 0.0781. The molecule has 1 fully saturated rings. The summed E-state index contributed by atoms with van der Waals surface area (Å²) in [5, 5.41) is 0. The molecule has 0 bridgehead atoms. The van der Waals surface area contributed by atoms with Gasteiger partial charge >= 0.3 is 0 Å². The van der Waals surface area contributed by atoms with Crippen LogP contribution in [0.4, 0.5) is 0 Å². The third-order valence-corrected chi connectivity index (χ3v) is 3.23. The number of carbonyl (C=O) groups is 1. The number of aryl methyl sites for hydroxylation is 1.